The van der Waals surface area contributed by atoms with Gasteiger partial charge in [0.1, 0.15) is 4.99 Å². The summed E-state index contributed by atoms with van der Waals surface area (Å²) in [5.41, 5.74) is 6.79. The number of hydrogen-bond donors (Lipinski definition) is 2. The summed E-state index contributed by atoms with van der Waals surface area (Å²) in [6.07, 6.45) is 0.785. The molecule has 0 aliphatic heterocycles. The van der Waals surface area contributed by atoms with Crippen molar-refractivity contribution in [3.05, 3.63) is 29.3 Å². The molecule has 0 spiro atoms. The fourth-order valence-electron chi connectivity index (χ4n) is 2.13. The summed E-state index contributed by atoms with van der Waals surface area (Å²) in [6.45, 7) is 7.74. The Balaban J connectivity index is 3.09. The zero-order valence-corrected chi connectivity index (χ0v) is 13.9. The molecule has 4 nitrogen and oxygen atoms in total. The average molecular weight is 314 g/mol. The van der Waals surface area contributed by atoms with Gasteiger partial charge in [-0.25, -0.2) is 13.1 Å². The molecular formula is C14H22N2O2S2. The highest BCUT2D eigenvalue weighted by molar-refractivity contribution is 7.89. The Morgan fingerprint density at radius 1 is 1.35 bits per heavy atom. The maximum atomic E-state index is 12.4. The van der Waals surface area contributed by atoms with Crippen LogP contribution in [0.5, 0.6) is 0 Å². The maximum Gasteiger partial charge on any atom is 0.241 e. The first-order valence-electron chi connectivity index (χ1n) is 6.56. The molecule has 0 saturated carbocycles. The van der Waals surface area contributed by atoms with E-state index >= 15 is 0 Å². The Morgan fingerprint density at radius 2 is 1.95 bits per heavy atom. The molecule has 0 heterocycles. The van der Waals surface area contributed by atoms with Gasteiger partial charge in [0.25, 0.3) is 0 Å². The molecule has 3 N–H and O–H groups in total. The van der Waals surface area contributed by atoms with Crippen molar-refractivity contribution < 1.29 is 8.42 Å². The summed E-state index contributed by atoms with van der Waals surface area (Å²) in [5, 5.41) is 0. The molecule has 0 aromatic heterocycles. The number of nitrogens with one attached hydrogen (secondary N) is 1. The fraction of sp³-hybridized carbons (Fsp3) is 0.500. The Morgan fingerprint density at radius 3 is 2.45 bits per heavy atom. The molecule has 0 radical (unpaired) electrons. The van der Waals surface area contributed by atoms with E-state index in [9.17, 15) is 8.42 Å². The topological polar surface area (TPSA) is 72.2 Å². The molecule has 1 aromatic carbocycles. The lowest BCUT2D eigenvalue weighted by molar-refractivity contribution is 0.482. The molecule has 1 atom stereocenters. The van der Waals surface area contributed by atoms with Crippen LogP contribution in [0.15, 0.2) is 23.1 Å². The second-order valence-corrected chi connectivity index (χ2v) is 7.62. The molecule has 0 aliphatic carbocycles. The van der Waals surface area contributed by atoms with Crippen LogP contribution in [0.1, 0.15) is 38.3 Å². The number of aryl methyl sites for hydroxylation is 1. The molecule has 0 amide bonds. The van der Waals surface area contributed by atoms with Crippen molar-refractivity contribution in [2.24, 2.45) is 11.7 Å². The number of rotatable bonds is 6. The average Bonchev–Trinajstić information content (AvgIpc) is 2.26. The summed E-state index contributed by atoms with van der Waals surface area (Å²) in [6, 6.07) is 4.86. The van der Waals surface area contributed by atoms with Crippen LogP contribution in [0, 0.1) is 12.8 Å². The van der Waals surface area contributed by atoms with Gasteiger partial charge in [-0.2, -0.15) is 0 Å². The number of sulfonamides is 1. The van der Waals surface area contributed by atoms with Gasteiger partial charge in [-0.05, 0) is 37.8 Å². The highest BCUT2D eigenvalue weighted by Gasteiger charge is 2.20. The van der Waals surface area contributed by atoms with Crippen molar-refractivity contribution in [3.8, 4) is 0 Å². The third kappa shape index (κ3) is 4.54. The molecule has 112 valence electrons. The smallest absolute Gasteiger partial charge is 0.241 e. The third-order valence-electron chi connectivity index (χ3n) is 2.94. The molecule has 0 saturated heterocycles. The molecular weight excluding hydrogens is 292 g/mol. The van der Waals surface area contributed by atoms with Crippen LogP contribution < -0.4 is 10.5 Å². The van der Waals surface area contributed by atoms with Crippen molar-refractivity contribution in [1.29, 1.82) is 0 Å². The first-order chi connectivity index (χ1) is 9.13. The van der Waals surface area contributed by atoms with Crippen LogP contribution >= 0.6 is 12.2 Å². The van der Waals surface area contributed by atoms with E-state index in [-0.39, 0.29) is 15.9 Å². The Kier molecular flexibility index (Phi) is 5.68. The van der Waals surface area contributed by atoms with Gasteiger partial charge in [0, 0.05) is 11.6 Å². The molecule has 20 heavy (non-hydrogen) atoms. The largest absolute Gasteiger partial charge is 0.389 e. The van der Waals surface area contributed by atoms with E-state index in [4.69, 9.17) is 18.0 Å². The first kappa shape index (κ1) is 17.1. The fourth-order valence-corrected chi connectivity index (χ4v) is 3.78. The summed E-state index contributed by atoms with van der Waals surface area (Å²) in [4.78, 5) is 0.426. The van der Waals surface area contributed by atoms with E-state index in [0.717, 1.165) is 6.42 Å². The molecule has 1 aromatic rings. The van der Waals surface area contributed by atoms with Crippen LogP contribution in [0.3, 0.4) is 0 Å². The molecule has 1 rings (SSSR count). The normalized spacial score (nSPS) is 13.4. The summed E-state index contributed by atoms with van der Waals surface area (Å²) in [7, 11) is -3.56. The minimum absolute atomic E-state index is 0.118. The Labute approximate surface area is 126 Å². The maximum absolute atomic E-state index is 12.4. The minimum Gasteiger partial charge on any atom is -0.389 e. The summed E-state index contributed by atoms with van der Waals surface area (Å²) in [5.74, 6) is 0.428. The van der Waals surface area contributed by atoms with Crippen molar-refractivity contribution in [3.63, 3.8) is 0 Å². The van der Waals surface area contributed by atoms with Crippen LogP contribution in [0.2, 0.25) is 0 Å². The molecule has 0 aliphatic rings. The predicted molar refractivity (Wildman–Crippen MR) is 86.3 cm³/mol. The van der Waals surface area contributed by atoms with E-state index in [1.165, 1.54) is 6.07 Å². The highest BCUT2D eigenvalue weighted by Crippen LogP contribution is 2.18. The Bertz CT molecular complexity index is 595. The van der Waals surface area contributed by atoms with Crippen molar-refractivity contribution in [2.75, 3.05) is 0 Å². The Hall–Kier alpha value is -0.980. The number of thiocarbonyl (C=S) groups is 1. The van der Waals surface area contributed by atoms with Gasteiger partial charge < -0.3 is 5.73 Å². The van der Waals surface area contributed by atoms with Gasteiger partial charge in [-0.1, -0.05) is 38.2 Å². The monoisotopic (exact) mass is 314 g/mol. The summed E-state index contributed by atoms with van der Waals surface area (Å²) >= 11 is 4.90. The minimum atomic E-state index is -3.56. The van der Waals surface area contributed by atoms with E-state index in [2.05, 4.69) is 18.6 Å². The predicted octanol–water partition coefficient (Wildman–Crippen LogP) is 2.34. The molecule has 0 bridgehead atoms. The zero-order valence-electron chi connectivity index (χ0n) is 12.3. The second kappa shape index (κ2) is 6.65. The summed E-state index contributed by atoms with van der Waals surface area (Å²) < 4.78 is 27.5. The second-order valence-electron chi connectivity index (χ2n) is 5.50. The SMILES string of the molecule is Cc1ccc(C(N)=S)cc1S(=O)(=O)NC(C)CC(C)C. The van der Waals surface area contributed by atoms with E-state index in [1.54, 1.807) is 19.1 Å². The number of benzene rings is 1. The number of hydrogen-bond acceptors (Lipinski definition) is 3. The van der Waals surface area contributed by atoms with Crippen LogP contribution in [0.4, 0.5) is 0 Å². The third-order valence-corrected chi connectivity index (χ3v) is 4.91. The van der Waals surface area contributed by atoms with Gasteiger partial charge in [0.05, 0.1) is 4.90 Å². The van der Waals surface area contributed by atoms with E-state index in [1.807, 2.05) is 6.92 Å². The van der Waals surface area contributed by atoms with Crippen molar-refractivity contribution in [1.82, 2.24) is 4.72 Å². The van der Waals surface area contributed by atoms with Gasteiger partial charge in [0.15, 0.2) is 0 Å². The lowest BCUT2D eigenvalue weighted by Gasteiger charge is -2.17. The lowest BCUT2D eigenvalue weighted by atomic mass is 10.1. The first-order valence-corrected chi connectivity index (χ1v) is 8.45. The van der Waals surface area contributed by atoms with E-state index < -0.39 is 10.0 Å². The molecule has 6 heteroatoms. The van der Waals surface area contributed by atoms with Crippen LogP contribution in [0.25, 0.3) is 0 Å². The van der Waals surface area contributed by atoms with Crippen molar-refractivity contribution >= 4 is 27.2 Å². The lowest BCUT2D eigenvalue weighted by Crippen LogP contribution is -2.34. The van der Waals surface area contributed by atoms with Gasteiger partial charge >= 0.3 is 0 Å². The van der Waals surface area contributed by atoms with Crippen LogP contribution in [-0.2, 0) is 10.0 Å². The van der Waals surface area contributed by atoms with E-state index in [0.29, 0.717) is 17.0 Å². The highest BCUT2D eigenvalue weighted by atomic mass is 32.2. The van der Waals surface area contributed by atoms with Crippen LogP contribution in [-0.4, -0.2) is 19.4 Å². The standard InChI is InChI=1S/C14H22N2O2S2/c1-9(2)7-11(4)16-20(17,18)13-8-12(14(15)19)6-5-10(13)3/h5-6,8-9,11,16H,7H2,1-4H3,(H2,15,19). The zero-order chi connectivity index (χ0) is 15.5. The molecule has 1 unspecified atom stereocenters. The quantitative estimate of drug-likeness (QED) is 0.791. The van der Waals surface area contributed by atoms with Gasteiger partial charge in [0.2, 0.25) is 10.0 Å². The van der Waals surface area contributed by atoms with Gasteiger partial charge in [-0.15, -0.1) is 0 Å². The van der Waals surface area contributed by atoms with Crippen molar-refractivity contribution in [2.45, 2.75) is 45.1 Å². The number of nitrogens with two attached hydrogens (primary N) is 1. The van der Waals surface area contributed by atoms with Gasteiger partial charge in [-0.3, -0.25) is 0 Å². The molecule has 0 fully saturated rings.